The average molecular weight is 328 g/mol. The number of amides is 2. The molecule has 5 nitrogen and oxygen atoms in total. The molecule has 0 heterocycles. The van der Waals surface area contributed by atoms with E-state index in [1.165, 1.54) is 0 Å². The molecule has 2 N–H and O–H groups in total. The maximum absolute atomic E-state index is 12.0. The van der Waals surface area contributed by atoms with Gasteiger partial charge >= 0.3 is 0 Å². The van der Waals surface area contributed by atoms with Crippen LogP contribution in [0.4, 0.5) is 5.69 Å². The minimum atomic E-state index is -0.366. The molecule has 0 atom stereocenters. The largest absolute Gasteiger partial charge is 0.348 e. The van der Waals surface area contributed by atoms with Gasteiger partial charge in [-0.3, -0.25) is 9.59 Å². The fourth-order valence-electron chi connectivity index (χ4n) is 1.92. The van der Waals surface area contributed by atoms with Gasteiger partial charge in [-0.05, 0) is 42.0 Å². The quantitative estimate of drug-likeness (QED) is 0.885. The lowest BCUT2D eigenvalue weighted by molar-refractivity contribution is -0.115. The van der Waals surface area contributed by atoms with Crippen molar-refractivity contribution >= 4 is 29.1 Å². The van der Waals surface area contributed by atoms with Crippen LogP contribution in [-0.2, 0) is 11.3 Å². The van der Waals surface area contributed by atoms with Crippen LogP contribution in [0.15, 0.2) is 48.5 Å². The number of nitrogens with one attached hydrogen (secondary N) is 2. The average Bonchev–Trinajstić information content (AvgIpc) is 2.54. The summed E-state index contributed by atoms with van der Waals surface area (Å²) >= 11 is 5.78. The Kier molecular flexibility index (Phi) is 5.73. The third-order valence-electron chi connectivity index (χ3n) is 3.01. The predicted molar refractivity (Wildman–Crippen MR) is 87.9 cm³/mol. The Bertz CT molecular complexity index is 751. The summed E-state index contributed by atoms with van der Waals surface area (Å²) in [5.74, 6) is -0.574. The summed E-state index contributed by atoms with van der Waals surface area (Å²) in [6.45, 7) is 0.323. The van der Waals surface area contributed by atoms with Gasteiger partial charge in [-0.2, -0.15) is 5.26 Å². The molecule has 0 saturated carbocycles. The molecule has 0 aliphatic heterocycles. The number of nitriles is 1. The zero-order valence-electron chi connectivity index (χ0n) is 12.2. The molecule has 0 bridgehead atoms. The molecule has 2 aromatic carbocycles. The van der Waals surface area contributed by atoms with Crippen molar-refractivity contribution in [2.24, 2.45) is 0 Å². The smallest absolute Gasteiger partial charge is 0.251 e. The summed E-state index contributed by atoms with van der Waals surface area (Å²) in [4.78, 5) is 23.4. The van der Waals surface area contributed by atoms with Gasteiger partial charge in [-0.15, -0.1) is 0 Å². The van der Waals surface area contributed by atoms with Crippen LogP contribution in [0.3, 0.4) is 0 Å². The summed E-state index contributed by atoms with van der Waals surface area (Å²) in [6, 6.07) is 15.5. The Morgan fingerprint density at radius 2 is 1.87 bits per heavy atom. The van der Waals surface area contributed by atoms with Crippen molar-refractivity contribution < 1.29 is 9.59 Å². The minimum absolute atomic E-state index is 0.197. The number of carbonyl (C=O) groups is 2. The van der Waals surface area contributed by atoms with Crippen LogP contribution < -0.4 is 10.6 Å². The van der Waals surface area contributed by atoms with Gasteiger partial charge in [-0.1, -0.05) is 23.7 Å². The van der Waals surface area contributed by atoms with Crippen molar-refractivity contribution in [2.45, 2.75) is 13.0 Å². The van der Waals surface area contributed by atoms with Crippen molar-refractivity contribution in [1.82, 2.24) is 5.32 Å². The first-order valence-electron chi connectivity index (χ1n) is 6.88. The van der Waals surface area contributed by atoms with Gasteiger partial charge in [0.25, 0.3) is 5.91 Å². The van der Waals surface area contributed by atoms with Crippen molar-refractivity contribution in [3.05, 3.63) is 64.7 Å². The second-order valence-corrected chi connectivity index (χ2v) is 5.21. The Hall–Kier alpha value is -2.84. The van der Waals surface area contributed by atoms with Crippen molar-refractivity contribution in [3.8, 4) is 6.07 Å². The molecule has 0 fully saturated rings. The molecule has 116 valence electrons. The zero-order chi connectivity index (χ0) is 16.7. The van der Waals surface area contributed by atoms with Gasteiger partial charge in [0.2, 0.25) is 5.91 Å². The highest BCUT2D eigenvalue weighted by molar-refractivity contribution is 6.30. The summed E-state index contributed by atoms with van der Waals surface area (Å²) in [5, 5.41) is 14.5. The normalized spacial score (nSPS) is 9.74. The van der Waals surface area contributed by atoms with E-state index in [0.717, 1.165) is 5.56 Å². The maximum atomic E-state index is 12.0. The van der Waals surface area contributed by atoms with E-state index in [1.807, 2.05) is 6.07 Å². The molecular formula is C17H14ClN3O2. The van der Waals surface area contributed by atoms with E-state index in [1.54, 1.807) is 48.5 Å². The van der Waals surface area contributed by atoms with Gasteiger partial charge < -0.3 is 10.6 Å². The van der Waals surface area contributed by atoms with E-state index in [9.17, 15) is 9.59 Å². The lowest BCUT2D eigenvalue weighted by atomic mass is 10.1. The number of benzene rings is 2. The number of halogens is 1. The number of anilines is 1. The van der Waals surface area contributed by atoms with Gasteiger partial charge in [0.15, 0.2) is 0 Å². The van der Waals surface area contributed by atoms with Gasteiger partial charge in [0, 0.05) is 22.8 Å². The number of nitrogens with zero attached hydrogens (tertiary/aromatic N) is 1. The number of rotatable bonds is 5. The van der Waals surface area contributed by atoms with E-state index in [4.69, 9.17) is 16.9 Å². The van der Waals surface area contributed by atoms with E-state index in [0.29, 0.717) is 22.8 Å². The number of hydrogen-bond donors (Lipinski definition) is 2. The van der Waals surface area contributed by atoms with E-state index < -0.39 is 0 Å². The Labute approximate surface area is 138 Å². The van der Waals surface area contributed by atoms with E-state index in [-0.39, 0.29) is 18.2 Å². The molecule has 0 radical (unpaired) electrons. The fourth-order valence-corrected chi connectivity index (χ4v) is 2.05. The van der Waals surface area contributed by atoms with Gasteiger partial charge in [0.1, 0.15) is 6.42 Å². The van der Waals surface area contributed by atoms with Crippen LogP contribution in [0.25, 0.3) is 0 Å². The van der Waals surface area contributed by atoms with Crippen LogP contribution in [0.1, 0.15) is 22.3 Å². The number of hydrogen-bond acceptors (Lipinski definition) is 3. The fraction of sp³-hybridized carbons (Fsp3) is 0.118. The third-order valence-corrected chi connectivity index (χ3v) is 3.26. The third kappa shape index (κ3) is 5.13. The topological polar surface area (TPSA) is 82.0 Å². The zero-order valence-corrected chi connectivity index (χ0v) is 12.9. The highest BCUT2D eigenvalue weighted by Crippen LogP contribution is 2.12. The SMILES string of the molecule is N#CCC(=O)Nc1cccc(CNC(=O)c2ccc(Cl)cc2)c1. The Morgan fingerprint density at radius 1 is 1.13 bits per heavy atom. The first-order valence-corrected chi connectivity index (χ1v) is 7.26. The van der Waals surface area contributed by atoms with Crippen molar-refractivity contribution in [1.29, 1.82) is 5.26 Å². The first kappa shape index (κ1) is 16.5. The second-order valence-electron chi connectivity index (χ2n) is 4.77. The van der Waals surface area contributed by atoms with Crippen molar-refractivity contribution in [3.63, 3.8) is 0 Å². The maximum Gasteiger partial charge on any atom is 0.251 e. The lowest BCUT2D eigenvalue weighted by Gasteiger charge is -2.08. The Balaban J connectivity index is 1.95. The summed E-state index contributed by atoms with van der Waals surface area (Å²) in [7, 11) is 0. The van der Waals surface area contributed by atoms with Crippen LogP contribution in [0, 0.1) is 11.3 Å². The van der Waals surface area contributed by atoms with Gasteiger partial charge in [-0.25, -0.2) is 0 Å². The molecule has 6 heteroatoms. The van der Waals surface area contributed by atoms with Gasteiger partial charge in [0.05, 0.1) is 6.07 Å². The predicted octanol–water partition coefficient (Wildman–Crippen LogP) is 3.12. The van der Waals surface area contributed by atoms with Crippen LogP contribution in [-0.4, -0.2) is 11.8 Å². The monoisotopic (exact) mass is 327 g/mol. The summed E-state index contributed by atoms with van der Waals surface area (Å²) in [6.07, 6.45) is -0.197. The molecule has 23 heavy (non-hydrogen) atoms. The van der Waals surface area contributed by atoms with E-state index in [2.05, 4.69) is 10.6 Å². The highest BCUT2D eigenvalue weighted by atomic mass is 35.5. The van der Waals surface area contributed by atoms with E-state index >= 15 is 0 Å². The summed E-state index contributed by atoms with van der Waals surface area (Å²) in [5.41, 5.74) is 1.94. The lowest BCUT2D eigenvalue weighted by Crippen LogP contribution is -2.22. The summed E-state index contributed by atoms with van der Waals surface area (Å²) < 4.78 is 0. The molecule has 0 aliphatic carbocycles. The molecule has 0 saturated heterocycles. The molecule has 0 unspecified atom stereocenters. The molecule has 0 aromatic heterocycles. The van der Waals surface area contributed by atoms with Crippen molar-refractivity contribution in [2.75, 3.05) is 5.32 Å². The van der Waals surface area contributed by atoms with Crippen LogP contribution >= 0.6 is 11.6 Å². The Morgan fingerprint density at radius 3 is 2.57 bits per heavy atom. The molecular weight excluding hydrogens is 314 g/mol. The number of carbonyl (C=O) groups excluding carboxylic acids is 2. The standard InChI is InChI=1S/C17H14ClN3O2/c18-14-6-4-13(5-7-14)17(23)20-11-12-2-1-3-15(10-12)21-16(22)8-9-19/h1-7,10H,8,11H2,(H,20,23)(H,21,22). The highest BCUT2D eigenvalue weighted by Gasteiger charge is 2.06. The molecule has 2 rings (SSSR count). The molecule has 0 aliphatic rings. The molecule has 0 spiro atoms. The minimum Gasteiger partial charge on any atom is -0.348 e. The van der Waals surface area contributed by atoms with Crippen LogP contribution in [0.2, 0.25) is 5.02 Å². The second kappa shape index (κ2) is 7.97. The van der Waals surface area contributed by atoms with Crippen LogP contribution in [0.5, 0.6) is 0 Å². The first-order chi connectivity index (χ1) is 11.1. The molecule has 2 aromatic rings. The molecule has 2 amide bonds.